The zero-order valence-electron chi connectivity index (χ0n) is 14.4. The number of halogens is 2. The minimum Gasteiger partial charge on any atom is -0.348 e. The van der Waals surface area contributed by atoms with E-state index in [2.05, 4.69) is 5.32 Å². The van der Waals surface area contributed by atoms with Crippen LogP contribution in [0.3, 0.4) is 0 Å². The summed E-state index contributed by atoms with van der Waals surface area (Å²) in [6.07, 6.45) is 0. The second-order valence-electron chi connectivity index (χ2n) is 5.71. The minimum absolute atomic E-state index is 0.0610. The van der Waals surface area contributed by atoms with Crippen LogP contribution in [0, 0.1) is 0 Å². The number of nitrogens with one attached hydrogen (secondary N) is 1. The summed E-state index contributed by atoms with van der Waals surface area (Å²) >= 11 is 11.9. The number of benzene rings is 2. The Hall–Kier alpha value is -1.60. The highest BCUT2D eigenvalue weighted by molar-refractivity contribution is 7.89. The first kappa shape index (κ1) is 20.7. The number of likely N-dealkylation sites (N-methyl/N-ethyl adjacent to an activating group) is 1. The van der Waals surface area contributed by atoms with Crippen LogP contribution in [0.5, 0.6) is 0 Å². The maximum atomic E-state index is 12.8. The lowest BCUT2D eigenvalue weighted by atomic mass is 10.1. The number of carbonyl (C=O) groups is 1. The van der Waals surface area contributed by atoms with Crippen molar-refractivity contribution in [3.8, 4) is 0 Å². The molecule has 0 spiro atoms. The molecule has 0 radical (unpaired) electrons. The second-order valence-corrected chi connectivity index (χ2v) is 8.46. The molecule has 0 saturated heterocycles. The Morgan fingerprint density at radius 2 is 1.81 bits per heavy atom. The van der Waals surface area contributed by atoms with E-state index in [-0.39, 0.29) is 34.1 Å². The number of hydrogen-bond donors (Lipinski definition) is 1. The molecule has 2 rings (SSSR count). The Morgan fingerprint density at radius 3 is 2.42 bits per heavy atom. The smallest absolute Gasteiger partial charge is 0.245 e. The van der Waals surface area contributed by atoms with Crippen molar-refractivity contribution in [2.45, 2.75) is 24.8 Å². The maximum Gasteiger partial charge on any atom is 0.245 e. The van der Waals surface area contributed by atoms with Gasteiger partial charge in [0, 0.05) is 11.6 Å². The van der Waals surface area contributed by atoms with Gasteiger partial charge >= 0.3 is 0 Å². The molecule has 0 heterocycles. The maximum absolute atomic E-state index is 12.8. The number of nitrogens with zero attached hydrogens (tertiary/aromatic N) is 1. The van der Waals surface area contributed by atoms with E-state index in [4.69, 9.17) is 23.2 Å². The van der Waals surface area contributed by atoms with Gasteiger partial charge in [-0.1, -0.05) is 60.5 Å². The normalized spacial score (nSPS) is 12.8. The summed E-state index contributed by atoms with van der Waals surface area (Å²) in [6.45, 7) is 3.31. The third-order valence-electron chi connectivity index (χ3n) is 3.86. The molecule has 2 aromatic carbocycles. The lowest BCUT2D eigenvalue weighted by molar-refractivity contribution is -0.121. The van der Waals surface area contributed by atoms with E-state index < -0.39 is 15.9 Å². The van der Waals surface area contributed by atoms with Gasteiger partial charge in [-0.2, -0.15) is 4.31 Å². The molecule has 0 aliphatic rings. The fourth-order valence-electron chi connectivity index (χ4n) is 2.45. The van der Waals surface area contributed by atoms with Gasteiger partial charge in [0.25, 0.3) is 0 Å². The first-order valence-corrected chi connectivity index (χ1v) is 10.2. The van der Waals surface area contributed by atoms with Gasteiger partial charge in [0.15, 0.2) is 0 Å². The predicted octanol–water partition coefficient (Wildman–Crippen LogP) is 3.88. The van der Waals surface area contributed by atoms with Gasteiger partial charge in [-0.25, -0.2) is 8.42 Å². The molecule has 0 aliphatic carbocycles. The van der Waals surface area contributed by atoms with Gasteiger partial charge in [0.05, 0.1) is 17.6 Å². The topological polar surface area (TPSA) is 66.5 Å². The molecule has 0 aromatic heterocycles. The summed E-state index contributed by atoms with van der Waals surface area (Å²) < 4.78 is 26.7. The summed E-state index contributed by atoms with van der Waals surface area (Å²) in [7, 11) is -3.94. The molecule has 26 heavy (non-hydrogen) atoms. The first-order chi connectivity index (χ1) is 12.3. The van der Waals surface area contributed by atoms with Crippen LogP contribution in [0.1, 0.15) is 25.5 Å². The van der Waals surface area contributed by atoms with Gasteiger partial charge in [0.2, 0.25) is 15.9 Å². The van der Waals surface area contributed by atoms with Crippen LogP contribution in [0.4, 0.5) is 0 Å². The summed E-state index contributed by atoms with van der Waals surface area (Å²) in [5.74, 6) is -0.398. The van der Waals surface area contributed by atoms with E-state index in [1.807, 2.05) is 37.3 Å². The SMILES string of the molecule is CCN(CC(=O)N[C@H](C)c1ccccc1)S(=O)(=O)c1cc(Cl)ccc1Cl. The van der Waals surface area contributed by atoms with Crippen LogP contribution in [0.25, 0.3) is 0 Å². The van der Waals surface area contributed by atoms with Crippen LogP contribution < -0.4 is 5.32 Å². The fraction of sp³-hybridized carbons (Fsp3) is 0.278. The predicted molar refractivity (Wildman–Crippen MR) is 104 cm³/mol. The molecule has 1 atom stereocenters. The zero-order valence-corrected chi connectivity index (χ0v) is 16.8. The van der Waals surface area contributed by atoms with Crippen molar-refractivity contribution in [2.24, 2.45) is 0 Å². The van der Waals surface area contributed by atoms with Crippen molar-refractivity contribution >= 4 is 39.1 Å². The minimum atomic E-state index is -3.94. The summed E-state index contributed by atoms with van der Waals surface area (Å²) in [5.41, 5.74) is 0.935. The molecule has 5 nitrogen and oxygen atoms in total. The van der Waals surface area contributed by atoms with Crippen LogP contribution in [-0.4, -0.2) is 31.7 Å². The van der Waals surface area contributed by atoms with Crippen molar-refractivity contribution in [3.63, 3.8) is 0 Å². The van der Waals surface area contributed by atoms with Crippen LogP contribution in [-0.2, 0) is 14.8 Å². The molecule has 140 valence electrons. The van der Waals surface area contributed by atoms with Crippen molar-refractivity contribution in [1.82, 2.24) is 9.62 Å². The van der Waals surface area contributed by atoms with E-state index in [0.717, 1.165) is 9.87 Å². The van der Waals surface area contributed by atoms with Gasteiger partial charge in [0.1, 0.15) is 4.90 Å². The average Bonchev–Trinajstić information content (AvgIpc) is 2.62. The van der Waals surface area contributed by atoms with Gasteiger partial charge in [-0.15, -0.1) is 0 Å². The number of carbonyl (C=O) groups excluding carboxylic acids is 1. The van der Waals surface area contributed by atoms with Crippen molar-refractivity contribution in [2.75, 3.05) is 13.1 Å². The lowest BCUT2D eigenvalue weighted by Crippen LogP contribution is -2.41. The summed E-state index contributed by atoms with van der Waals surface area (Å²) in [4.78, 5) is 12.2. The van der Waals surface area contributed by atoms with Crippen LogP contribution in [0.2, 0.25) is 10.0 Å². The van der Waals surface area contributed by atoms with Crippen LogP contribution in [0.15, 0.2) is 53.4 Å². The van der Waals surface area contributed by atoms with Gasteiger partial charge < -0.3 is 5.32 Å². The quantitative estimate of drug-likeness (QED) is 0.747. The Bertz CT molecular complexity index is 873. The molecule has 0 unspecified atom stereocenters. The molecule has 0 fully saturated rings. The first-order valence-electron chi connectivity index (χ1n) is 8.05. The Morgan fingerprint density at radius 1 is 1.15 bits per heavy atom. The van der Waals surface area contributed by atoms with E-state index in [1.165, 1.54) is 18.2 Å². The molecule has 8 heteroatoms. The van der Waals surface area contributed by atoms with Gasteiger partial charge in [-0.05, 0) is 30.7 Å². The molecule has 1 amide bonds. The van der Waals surface area contributed by atoms with E-state index in [1.54, 1.807) is 6.92 Å². The summed E-state index contributed by atoms with van der Waals surface area (Å²) in [6, 6.07) is 13.4. The second kappa shape index (κ2) is 8.86. The molecular formula is C18H20Cl2N2O3S. The molecule has 0 bridgehead atoms. The van der Waals surface area contributed by atoms with E-state index in [9.17, 15) is 13.2 Å². The third kappa shape index (κ3) is 4.98. The standard InChI is InChI=1S/C18H20Cl2N2O3S/c1-3-22(26(24,25)17-11-15(19)9-10-16(17)20)12-18(23)21-13(2)14-7-5-4-6-8-14/h4-11,13H,3,12H2,1-2H3,(H,21,23)/t13-/m1/s1. The summed E-state index contributed by atoms with van der Waals surface area (Å²) in [5, 5.41) is 3.12. The number of rotatable bonds is 7. The molecule has 0 saturated carbocycles. The van der Waals surface area contributed by atoms with Crippen molar-refractivity contribution in [3.05, 3.63) is 64.1 Å². The third-order valence-corrected chi connectivity index (χ3v) is 6.50. The lowest BCUT2D eigenvalue weighted by Gasteiger charge is -2.22. The Balaban J connectivity index is 2.15. The zero-order chi connectivity index (χ0) is 19.3. The highest BCUT2D eigenvalue weighted by Gasteiger charge is 2.28. The molecule has 1 N–H and O–H groups in total. The number of amides is 1. The highest BCUT2D eigenvalue weighted by Crippen LogP contribution is 2.27. The highest BCUT2D eigenvalue weighted by atomic mass is 35.5. The largest absolute Gasteiger partial charge is 0.348 e. The van der Waals surface area contributed by atoms with Crippen molar-refractivity contribution in [1.29, 1.82) is 0 Å². The average molecular weight is 415 g/mol. The number of hydrogen-bond acceptors (Lipinski definition) is 3. The van der Waals surface area contributed by atoms with E-state index >= 15 is 0 Å². The van der Waals surface area contributed by atoms with Crippen molar-refractivity contribution < 1.29 is 13.2 Å². The Kier molecular flexibility index (Phi) is 7.06. The van der Waals surface area contributed by atoms with E-state index in [0.29, 0.717) is 0 Å². The van der Waals surface area contributed by atoms with Gasteiger partial charge in [-0.3, -0.25) is 4.79 Å². The fourth-order valence-corrected chi connectivity index (χ4v) is 4.60. The Labute approximate surface area is 164 Å². The van der Waals surface area contributed by atoms with Crippen LogP contribution >= 0.6 is 23.2 Å². The molecule has 0 aliphatic heterocycles. The molecule has 2 aromatic rings. The monoisotopic (exact) mass is 414 g/mol. The molecular weight excluding hydrogens is 395 g/mol. The number of sulfonamides is 1.